The van der Waals surface area contributed by atoms with Crippen molar-refractivity contribution in [3.8, 4) is 5.88 Å². The second kappa shape index (κ2) is 8.69. The fourth-order valence-electron chi connectivity index (χ4n) is 1.55. The minimum absolute atomic E-state index is 0.117. The highest BCUT2D eigenvalue weighted by molar-refractivity contribution is 5.36. The van der Waals surface area contributed by atoms with Crippen molar-refractivity contribution < 1.29 is 9.84 Å². The van der Waals surface area contributed by atoms with Crippen LogP contribution in [0.5, 0.6) is 5.88 Å². The molecule has 1 aromatic rings. The number of aromatic nitrogens is 2. The van der Waals surface area contributed by atoms with E-state index in [0.717, 1.165) is 38.0 Å². The third kappa shape index (κ3) is 6.39. The lowest BCUT2D eigenvalue weighted by Gasteiger charge is -2.10. The first-order valence-corrected chi connectivity index (χ1v) is 6.56. The van der Waals surface area contributed by atoms with Crippen LogP contribution in [0.15, 0.2) is 12.4 Å². The summed E-state index contributed by atoms with van der Waals surface area (Å²) in [6.45, 7) is 5.10. The van der Waals surface area contributed by atoms with E-state index in [4.69, 9.17) is 9.84 Å². The smallest absolute Gasteiger partial charge is 0.218 e. The highest BCUT2D eigenvalue weighted by Gasteiger charge is 2.01. The molecule has 5 heteroatoms. The average molecular weight is 253 g/mol. The largest absolute Gasteiger partial charge is 0.475 e. The van der Waals surface area contributed by atoms with E-state index in [2.05, 4.69) is 15.3 Å². The van der Waals surface area contributed by atoms with Gasteiger partial charge < -0.3 is 15.2 Å². The van der Waals surface area contributed by atoms with Gasteiger partial charge in [0.2, 0.25) is 5.88 Å². The van der Waals surface area contributed by atoms with Gasteiger partial charge in [-0.05, 0) is 26.7 Å². The first-order valence-electron chi connectivity index (χ1n) is 6.56. The van der Waals surface area contributed by atoms with E-state index in [-0.39, 0.29) is 12.7 Å². The fraction of sp³-hybridized carbons (Fsp3) is 0.692. The molecular weight excluding hydrogens is 230 g/mol. The number of unbranched alkanes of at least 4 members (excludes halogenated alkanes) is 3. The van der Waals surface area contributed by atoms with Gasteiger partial charge in [0.1, 0.15) is 12.1 Å². The Bertz CT molecular complexity index is 332. The standard InChI is InChI=1S/C13H23N3O2/c1-11(2)18-13-9-12(15-10-16-13)14-7-5-3-4-6-8-17/h9-11,17H,3-8H2,1-2H3,(H,14,15,16). The molecule has 0 amide bonds. The predicted molar refractivity (Wildman–Crippen MR) is 71.8 cm³/mol. The Morgan fingerprint density at radius 3 is 2.72 bits per heavy atom. The molecule has 0 aromatic carbocycles. The summed E-state index contributed by atoms with van der Waals surface area (Å²) in [6.07, 6.45) is 5.78. The van der Waals surface area contributed by atoms with Gasteiger partial charge in [0, 0.05) is 19.2 Å². The first-order chi connectivity index (χ1) is 8.72. The zero-order chi connectivity index (χ0) is 13.2. The quantitative estimate of drug-likeness (QED) is 0.661. The van der Waals surface area contributed by atoms with E-state index in [1.54, 1.807) is 0 Å². The molecule has 102 valence electrons. The maximum absolute atomic E-state index is 8.66. The second-order valence-corrected chi connectivity index (χ2v) is 4.47. The van der Waals surface area contributed by atoms with Crippen LogP contribution in [-0.2, 0) is 0 Å². The van der Waals surface area contributed by atoms with Crippen molar-refractivity contribution in [3.05, 3.63) is 12.4 Å². The molecule has 0 aliphatic rings. The summed E-state index contributed by atoms with van der Waals surface area (Å²) < 4.78 is 5.50. The number of anilines is 1. The molecule has 0 saturated carbocycles. The van der Waals surface area contributed by atoms with Gasteiger partial charge in [-0.2, -0.15) is 0 Å². The van der Waals surface area contributed by atoms with Crippen molar-refractivity contribution in [3.63, 3.8) is 0 Å². The van der Waals surface area contributed by atoms with E-state index >= 15 is 0 Å². The lowest BCUT2D eigenvalue weighted by atomic mass is 10.2. The molecule has 5 nitrogen and oxygen atoms in total. The zero-order valence-corrected chi connectivity index (χ0v) is 11.2. The number of hydrogen-bond donors (Lipinski definition) is 2. The molecule has 0 aliphatic carbocycles. The van der Waals surface area contributed by atoms with Crippen LogP contribution in [0.1, 0.15) is 39.5 Å². The van der Waals surface area contributed by atoms with E-state index in [1.807, 2.05) is 19.9 Å². The molecule has 0 bridgehead atoms. The molecule has 0 saturated heterocycles. The predicted octanol–water partition coefficient (Wildman–Crippen LogP) is 2.23. The van der Waals surface area contributed by atoms with Crippen LogP contribution in [0.25, 0.3) is 0 Å². The summed E-state index contributed by atoms with van der Waals surface area (Å²) in [5, 5.41) is 11.9. The summed E-state index contributed by atoms with van der Waals surface area (Å²) in [6, 6.07) is 1.81. The molecule has 0 fully saturated rings. The molecule has 0 aliphatic heterocycles. The Labute approximate surface area is 109 Å². The van der Waals surface area contributed by atoms with Gasteiger partial charge in [-0.25, -0.2) is 9.97 Å². The average Bonchev–Trinajstić information content (AvgIpc) is 2.33. The fourth-order valence-corrected chi connectivity index (χ4v) is 1.55. The van der Waals surface area contributed by atoms with Crippen LogP contribution < -0.4 is 10.1 Å². The molecular formula is C13H23N3O2. The maximum Gasteiger partial charge on any atom is 0.218 e. The summed E-state index contributed by atoms with van der Waals surface area (Å²) in [7, 11) is 0. The Balaban J connectivity index is 2.25. The summed E-state index contributed by atoms with van der Waals surface area (Å²) >= 11 is 0. The van der Waals surface area contributed by atoms with Gasteiger partial charge in [0.05, 0.1) is 6.10 Å². The second-order valence-electron chi connectivity index (χ2n) is 4.47. The molecule has 1 aromatic heterocycles. The molecule has 0 unspecified atom stereocenters. The number of aliphatic hydroxyl groups excluding tert-OH is 1. The van der Waals surface area contributed by atoms with E-state index in [1.165, 1.54) is 6.33 Å². The lowest BCUT2D eigenvalue weighted by Crippen LogP contribution is -2.08. The van der Waals surface area contributed by atoms with E-state index < -0.39 is 0 Å². The SMILES string of the molecule is CC(C)Oc1cc(NCCCCCCO)ncn1. The summed E-state index contributed by atoms with van der Waals surface area (Å²) in [5.74, 6) is 1.39. The Morgan fingerprint density at radius 2 is 2.00 bits per heavy atom. The van der Waals surface area contributed by atoms with Crippen LogP contribution in [0.3, 0.4) is 0 Å². The lowest BCUT2D eigenvalue weighted by molar-refractivity contribution is 0.232. The number of aliphatic hydroxyl groups is 1. The molecule has 1 rings (SSSR count). The van der Waals surface area contributed by atoms with Crippen LogP contribution in [0.2, 0.25) is 0 Å². The highest BCUT2D eigenvalue weighted by atomic mass is 16.5. The number of ether oxygens (including phenoxy) is 1. The normalized spacial score (nSPS) is 10.7. The van der Waals surface area contributed by atoms with Crippen LogP contribution >= 0.6 is 0 Å². The van der Waals surface area contributed by atoms with Gasteiger partial charge in [-0.3, -0.25) is 0 Å². The number of nitrogens with zero attached hydrogens (tertiary/aromatic N) is 2. The maximum atomic E-state index is 8.66. The minimum Gasteiger partial charge on any atom is -0.475 e. The number of nitrogens with one attached hydrogen (secondary N) is 1. The summed E-state index contributed by atoms with van der Waals surface area (Å²) in [5.41, 5.74) is 0. The third-order valence-corrected chi connectivity index (χ3v) is 2.39. The Morgan fingerprint density at radius 1 is 1.22 bits per heavy atom. The first kappa shape index (κ1) is 14.7. The van der Waals surface area contributed by atoms with Crippen LogP contribution in [0.4, 0.5) is 5.82 Å². The van der Waals surface area contributed by atoms with E-state index in [9.17, 15) is 0 Å². The van der Waals surface area contributed by atoms with Gasteiger partial charge in [-0.15, -0.1) is 0 Å². The third-order valence-electron chi connectivity index (χ3n) is 2.39. The highest BCUT2D eigenvalue weighted by Crippen LogP contribution is 2.12. The molecule has 0 radical (unpaired) electrons. The van der Waals surface area contributed by atoms with Crippen molar-refractivity contribution in [1.29, 1.82) is 0 Å². The monoisotopic (exact) mass is 253 g/mol. The van der Waals surface area contributed by atoms with Gasteiger partial charge >= 0.3 is 0 Å². The van der Waals surface area contributed by atoms with Gasteiger partial charge in [0.15, 0.2) is 0 Å². The van der Waals surface area contributed by atoms with Crippen molar-refractivity contribution in [2.45, 2.75) is 45.6 Å². The van der Waals surface area contributed by atoms with Gasteiger partial charge in [0.25, 0.3) is 0 Å². The van der Waals surface area contributed by atoms with Crippen LogP contribution in [0, 0.1) is 0 Å². The molecule has 18 heavy (non-hydrogen) atoms. The Kier molecular flexibility index (Phi) is 7.10. The molecule has 0 spiro atoms. The van der Waals surface area contributed by atoms with Crippen molar-refractivity contribution in [2.24, 2.45) is 0 Å². The van der Waals surface area contributed by atoms with Crippen molar-refractivity contribution >= 4 is 5.82 Å². The molecule has 0 atom stereocenters. The van der Waals surface area contributed by atoms with Gasteiger partial charge in [-0.1, -0.05) is 12.8 Å². The van der Waals surface area contributed by atoms with Crippen LogP contribution in [-0.4, -0.2) is 34.3 Å². The topological polar surface area (TPSA) is 67.3 Å². The summed E-state index contributed by atoms with van der Waals surface area (Å²) in [4.78, 5) is 8.19. The van der Waals surface area contributed by atoms with E-state index in [0.29, 0.717) is 5.88 Å². The number of rotatable bonds is 9. The molecule has 2 N–H and O–H groups in total. The molecule has 1 heterocycles. The zero-order valence-electron chi connectivity index (χ0n) is 11.2. The Hall–Kier alpha value is -1.36. The number of hydrogen-bond acceptors (Lipinski definition) is 5. The van der Waals surface area contributed by atoms with Crippen molar-refractivity contribution in [1.82, 2.24) is 9.97 Å². The minimum atomic E-state index is 0.117. The van der Waals surface area contributed by atoms with Crippen molar-refractivity contribution in [2.75, 3.05) is 18.5 Å².